The maximum Gasteiger partial charge on any atom is 0.336 e. The van der Waals surface area contributed by atoms with Crippen molar-refractivity contribution in [3.63, 3.8) is 0 Å². The molecular formula is C9H10O4. The Kier molecular flexibility index (Phi) is 3.25. The lowest BCUT2D eigenvalue weighted by molar-refractivity contribution is -0.135. The van der Waals surface area contributed by atoms with Crippen LogP contribution in [0.15, 0.2) is 24.0 Å². The molecule has 0 aliphatic heterocycles. The predicted molar refractivity (Wildman–Crippen MR) is 44.8 cm³/mol. The Hall–Kier alpha value is -1.58. The molecule has 0 aromatic heterocycles. The van der Waals surface area contributed by atoms with E-state index < -0.39 is 11.9 Å². The van der Waals surface area contributed by atoms with Crippen LogP contribution in [0.3, 0.4) is 0 Å². The zero-order valence-electron chi connectivity index (χ0n) is 7.03. The lowest BCUT2D eigenvalue weighted by Gasteiger charge is -1.99. The molecule has 0 atom stereocenters. The summed E-state index contributed by atoms with van der Waals surface area (Å²) < 4.78 is 4.83. The number of carbonyl (C=O) groups is 2. The fraction of sp³-hybridized carbons (Fsp3) is 0.333. The lowest BCUT2D eigenvalue weighted by atomic mass is 10.4. The van der Waals surface area contributed by atoms with Gasteiger partial charge in [0.2, 0.25) is 0 Å². The summed E-state index contributed by atoms with van der Waals surface area (Å²) in [4.78, 5) is 20.9. The van der Waals surface area contributed by atoms with E-state index in [0.29, 0.717) is 5.76 Å². The maximum absolute atomic E-state index is 10.9. The van der Waals surface area contributed by atoms with Gasteiger partial charge in [-0.1, -0.05) is 0 Å². The van der Waals surface area contributed by atoms with Crippen molar-refractivity contribution in [3.05, 3.63) is 24.0 Å². The van der Waals surface area contributed by atoms with Crippen LogP contribution in [0.5, 0.6) is 0 Å². The van der Waals surface area contributed by atoms with Crippen LogP contribution in [0.2, 0.25) is 0 Å². The fourth-order valence-corrected chi connectivity index (χ4v) is 1.04. The van der Waals surface area contributed by atoms with Gasteiger partial charge in [0.1, 0.15) is 5.76 Å². The van der Waals surface area contributed by atoms with Gasteiger partial charge >= 0.3 is 11.9 Å². The van der Waals surface area contributed by atoms with Crippen molar-refractivity contribution in [2.45, 2.75) is 19.3 Å². The number of esters is 1. The number of hydrogen-bond donors (Lipinski definition) is 1. The van der Waals surface area contributed by atoms with Crippen molar-refractivity contribution < 1.29 is 19.4 Å². The molecule has 1 aliphatic carbocycles. The monoisotopic (exact) mass is 182 g/mol. The summed E-state index contributed by atoms with van der Waals surface area (Å²) in [5.74, 6) is -1.15. The molecule has 0 fully saturated rings. The highest BCUT2D eigenvalue weighted by molar-refractivity contribution is 5.91. The van der Waals surface area contributed by atoms with E-state index in [4.69, 9.17) is 9.84 Å². The topological polar surface area (TPSA) is 63.6 Å². The normalized spacial score (nSPS) is 15.8. The van der Waals surface area contributed by atoms with Gasteiger partial charge in [-0.3, -0.25) is 0 Å². The Morgan fingerprint density at radius 2 is 2.23 bits per heavy atom. The molecule has 1 aliphatic rings. The van der Waals surface area contributed by atoms with E-state index in [2.05, 4.69) is 0 Å². The fourth-order valence-electron chi connectivity index (χ4n) is 1.04. The third-order valence-corrected chi connectivity index (χ3v) is 1.59. The summed E-state index contributed by atoms with van der Waals surface area (Å²) in [6, 6.07) is 0. The van der Waals surface area contributed by atoms with Crippen molar-refractivity contribution in [1.82, 2.24) is 0 Å². The summed E-state index contributed by atoms with van der Waals surface area (Å²) in [7, 11) is 0. The van der Waals surface area contributed by atoms with Gasteiger partial charge < -0.3 is 9.84 Å². The summed E-state index contributed by atoms with van der Waals surface area (Å²) in [5, 5.41) is 8.21. The maximum atomic E-state index is 10.9. The van der Waals surface area contributed by atoms with Crippen LogP contribution in [0, 0.1) is 0 Å². The SMILES string of the molecule is O=C(O)/C=C/C(=O)OC1=CCCC1. The minimum absolute atomic E-state index is 0.629. The largest absolute Gasteiger partial charge is 0.478 e. The lowest BCUT2D eigenvalue weighted by Crippen LogP contribution is -2.00. The Labute approximate surface area is 75.5 Å². The van der Waals surface area contributed by atoms with Gasteiger partial charge in [-0.05, 0) is 18.9 Å². The molecule has 1 N–H and O–H groups in total. The first-order valence-electron chi connectivity index (χ1n) is 4.00. The highest BCUT2D eigenvalue weighted by Gasteiger charge is 2.08. The van der Waals surface area contributed by atoms with Crippen molar-refractivity contribution in [2.24, 2.45) is 0 Å². The van der Waals surface area contributed by atoms with E-state index in [1.165, 1.54) is 0 Å². The second kappa shape index (κ2) is 4.45. The molecule has 0 unspecified atom stereocenters. The summed E-state index contributed by atoms with van der Waals surface area (Å²) in [6.07, 6.45) is 6.18. The number of carboxylic acid groups (broad SMARTS) is 1. The summed E-state index contributed by atoms with van der Waals surface area (Å²) in [6.45, 7) is 0. The molecule has 70 valence electrons. The van der Waals surface area contributed by atoms with E-state index in [9.17, 15) is 9.59 Å². The molecule has 1 rings (SSSR count). The van der Waals surface area contributed by atoms with Crippen LogP contribution >= 0.6 is 0 Å². The Morgan fingerprint density at radius 3 is 2.77 bits per heavy atom. The van der Waals surface area contributed by atoms with Gasteiger partial charge in [0.25, 0.3) is 0 Å². The number of hydrogen-bond acceptors (Lipinski definition) is 3. The highest BCUT2D eigenvalue weighted by Crippen LogP contribution is 2.18. The average molecular weight is 182 g/mol. The quantitative estimate of drug-likeness (QED) is 0.526. The first-order valence-corrected chi connectivity index (χ1v) is 4.00. The van der Waals surface area contributed by atoms with Crippen molar-refractivity contribution in [3.8, 4) is 0 Å². The first-order chi connectivity index (χ1) is 6.18. The average Bonchev–Trinajstić information content (AvgIpc) is 2.53. The van der Waals surface area contributed by atoms with E-state index in [1.54, 1.807) is 0 Å². The number of ether oxygens (including phenoxy) is 1. The molecule has 4 nitrogen and oxygen atoms in total. The van der Waals surface area contributed by atoms with Crippen LogP contribution in [0.25, 0.3) is 0 Å². The molecule has 0 bridgehead atoms. The van der Waals surface area contributed by atoms with Crippen LogP contribution < -0.4 is 0 Å². The molecule has 4 heteroatoms. The first kappa shape index (κ1) is 9.51. The van der Waals surface area contributed by atoms with Crippen molar-refractivity contribution >= 4 is 11.9 Å². The number of rotatable bonds is 3. The minimum Gasteiger partial charge on any atom is -0.478 e. The molecule has 0 amide bonds. The van der Waals surface area contributed by atoms with E-state index in [0.717, 1.165) is 31.4 Å². The van der Waals surface area contributed by atoms with Gasteiger partial charge in [-0.2, -0.15) is 0 Å². The Balaban J connectivity index is 2.36. The van der Waals surface area contributed by atoms with E-state index in [1.807, 2.05) is 6.08 Å². The van der Waals surface area contributed by atoms with E-state index in [-0.39, 0.29) is 0 Å². The van der Waals surface area contributed by atoms with Crippen LogP contribution in [-0.4, -0.2) is 17.0 Å². The van der Waals surface area contributed by atoms with E-state index >= 15 is 0 Å². The van der Waals surface area contributed by atoms with Crippen LogP contribution in [-0.2, 0) is 14.3 Å². The molecule has 0 saturated heterocycles. The second-order valence-corrected chi connectivity index (χ2v) is 2.66. The zero-order chi connectivity index (χ0) is 9.68. The van der Waals surface area contributed by atoms with Gasteiger partial charge in [-0.15, -0.1) is 0 Å². The molecule has 0 aromatic rings. The minimum atomic E-state index is -1.16. The third kappa shape index (κ3) is 3.55. The predicted octanol–water partition coefficient (Wildman–Crippen LogP) is 1.24. The molecule has 0 radical (unpaired) electrons. The number of aliphatic carboxylic acids is 1. The number of allylic oxidation sites excluding steroid dienone is 2. The standard InChI is InChI=1S/C9H10O4/c10-8(11)5-6-9(12)13-7-3-1-2-4-7/h3,5-6H,1-2,4H2,(H,10,11)/b6-5+. The smallest absolute Gasteiger partial charge is 0.336 e. The summed E-state index contributed by atoms with van der Waals surface area (Å²) in [5.41, 5.74) is 0. The molecule has 0 spiro atoms. The van der Waals surface area contributed by atoms with Crippen LogP contribution in [0.1, 0.15) is 19.3 Å². The number of carboxylic acids is 1. The Morgan fingerprint density at radius 1 is 1.46 bits per heavy atom. The van der Waals surface area contributed by atoms with Gasteiger partial charge in [0.05, 0.1) is 0 Å². The molecule has 13 heavy (non-hydrogen) atoms. The second-order valence-electron chi connectivity index (χ2n) is 2.66. The van der Waals surface area contributed by atoms with Gasteiger partial charge in [0.15, 0.2) is 0 Å². The summed E-state index contributed by atoms with van der Waals surface area (Å²) >= 11 is 0. The van der Waals surface area contributed by atoms with Gasteiger partial charge in [-0.25, -0.2) is 9.59 Å². The Bertz CT molecular complexity index is 275. The molecular weight excluding hydrogens is 172 g/mol. The molecule has 0 aromatic carbocycles. The van der Waals surface area contributed by atoms with Crippen LogP contribution in [0.4, 0.5) is 0 Å². The highest BCUT2D eigenvalue weighted by atomic mass is 16.5. The molecule has 0 heterocycles. The van der Waals surface area contributed by atoms with Crippen molar-refractivity contribution in [2.75, 3.05) is 0 Å². The molecule has 0 saturated carbocycles. The third-order valence-electron chi connectivity index (χ3n) is 1.59. The van der Waals surface area contributed by atoms with Crippen molar-refractivity contribution in [1.29, 1.82) is 0 Å². The van der Waals surface area contributed by atoms with Gasteiger partial charge in [0, 0.05) is 18.6 Å². The zero-order valence-corrected chi connectivity index (χ0v) is 7.03. The number of carbonyl (C=O) groups excluding carboxylic acids is 1.